The van der Waals surface area contributed by atoms with Gasteiger partial charge in [-0.3, -0.25) is 0 Å². The molecule has 1 aromatic heterocycles. The normalized spacial score (nSPS) is 9.69. The fourth-order valence-electron chi connectivity index (χ4n) is 0.862. The standard InChI is InChI=1S/C9H14N2O2/c1-3-6-13-9-7(10)4-5-8(11-9)12-2/h4-5H,3,6,10H2,1-2H3. The Bertz CT molecular complexity index is 276. The first kappa shape index (κ1) is 9.64. The average Bonchev–Trinajstić information content (AvgIpc) is 2.17. The number of methoxy groups -OCH3 is 1. The Hall–Kier alpha value is -1.45. The Morgan fingerprint density at radius 1 is 1.46 bits per heavy atom. The minimum absolute atomic E-state index is 0.446. The van der Waals surface area contributed by atoms with Gasteiger partial charge in [0, 0.05) is 6.07 Å². The van der Waals surface area contributed by atoms with Crippen LogP contribution in [-0.2, 0) is 0 Å². The lowest BCUT2D eigenvalue weighted by atomic mass is 10.4. The van der Waals surface area contributed by atoms with Crippen molar-refractivity contribution in [3.05, 3.63) is 12.1 Å². The van der Waals surface area contributed by atoms with Crippen LogP contribution in [0.2, 0.25) is 0 Å². The summed E-state index contributed by atoms with van der Waals surface area (Å²) < 4.78 is 10.3. The highest BCUT2D eigenvalue weighted by Gasteiger charge is 2.03. The number of ether oxygens (including phenoxy) is 2. The van der Waals surface area contributed by atoms with Gasteiger partial charge in [-0.2, -0.15) is 4.98 Å². The first-order valence-electron chi connectivity index (χ1n) is 4.21. The molecule has 1 aromatic rings. The van der Waals surface area contributed by atoms with Gasteiger partial charge in [-0.1, -0.05) is 6.92 Å². The molecule has 0 aromatic carbocycles. The third-order valence-corrected chi connectivity index (χ3v) is 1.52. The summed E-state index contributed by atoms with van der Waals surface area (Å²) in [6, 6.07) is 3.42. The molecule has 0 amide bonds. The molecule has 0 fully saturated rings. The van der Waals surface area contributed by atoms with Crippen LogP contribution in [0, 0.1) is 0 Å². The summed E-state index contributed by atoms with van der Waals surface area (Å²) >= 11 is 0. The smallest absolute Gasteiger partial charge is 0.240 e. The van der Waals surface area contributed by atoms with E-state index in [0.29, 0.717) is 24.1 Å². The Labute approximate surface area is 77.7 Å². The maximum atomic E-state index is 5.64. The number of aromatic nitrogens is 1. The number of nitrogens with two attached hydrogens (primary N) is 1. The zero-order valence-electron chi connectivity index (χ0n) is 7.91. The van der Waals surface area contributed by atoms with Gasteiger partial charge in [0.25, 0.3) is 0 Å². The highest BCUT2D eigenvalue weighted by molar-refractivity contribution is 5.49. The van der Waals surface area contributed by atoms with Crippen LogP contribution in [-0.4, -0.2) is 18.7 Å². The second-order valence-electron chi connectivity index (χ2n) is 2.60. The second kappa shape index (κ2) is 4.54. The van der Waals surface area contributed by atoms with Gasteiger partial charge in [0.2, 0.25) is 11.8 Å². The van der Waals surface area contributed by atoms with E-state index in [1.165, 1.54) is 0 Å². The molecule has 1 heterocycles. The third-order valence-electron chi connectivity index (χ3n) is 1.52. The first-order chi connectivity index (χ1) is 6.27. The summed E-state index contributed by atoms with van der Waals surface area (Å²) in [4.78, 5) is 4.06. The molecule has 4 nitrogen and oxygen atoms in total. The van der Waals surface area contributed by atoms with Crippen molar-refractivity contribution in [2.24, 2.45) is 0 Å². The first-order valence-corrected chi connectivity index (χ1v) is 4.21. The predicted octanol–water partition coefficient (Wildman–Crippen LogP) is 1.46. The van der Waals surface area contributed by atoms with Crippen LogP contribution in [0.5, 0.6) is 11.8 Å². The van der Waals surface area contributed by atoms with Crippen molar-refractivity contribution in [3.63, 3.8) is 0 Å². The number of rotatable bonds is 4. The molecule has 4 heteroatoms. The Balaban J connectivity index is 2.78. The summed E-state index contributed by atoms with van der Waals surface area (Å²) in [6.45, 7) is 2.64. The zero-order valence-corrected chi connectivity index (χ0v) is 7.91. The molecule has 0 aliphatic heterocycles. The van der Waals surface area contributed by atoms with Crippen molar-refractivity contribution < 1.29 is 9.47 Å². The molecule has 0 saturated heterocycles. The lowest BCUT2D eigenvalue weighted by Gasteiger charge is -2.07. The van der Waals surface area contributed by atoms with E-state index < -0.39 is 0 Å². The van der Waals surface area contributed by atoms with Gasteiger partial charge in [-0.15, -0.1) is 0 Å². The van der Waals surface area contributed by atoms with Crippen molar-refractivity contribution in [2.45, 2.75) is 13.3 Å². The highest BCUT2D eigenvalue weighted by Crippen LogP contribution is 2.21. The quantitative estimate of drug-likeness (QED) is 0.765. The van der Waals surface area contributed by atoms with Gasteiger partial charge in [0.1, 0.15) is 0 Å². The van der Waals surface area contributed by atoms with Crippen LogP contribution >= 0.6 is 0 Å². The second-order valence-corrected chi connectivity index (χ2v) is 2.60. The highest BCUT2D eigenvalue weighted by atomic mass is 16.5. The van der Waals surface area contributed by atoms with E-state index in [1.807, 2.05) is 6.92 Å². The van der Waals surface area contributed by atoms with Crippen molar-refractivity contribution in [3.8, 4) is 11.8 Å². The van der Waals surface area contributed by atoms with Gasteiger partial charge in [-0.25, -0.2) is 0 Å². The summed E-state index contributed by atoms with van der Waals surface area (Å²) in [6.07, 6.45) is 0.929. The van der Waals surface area contributed by atoms with Crippen molar-refractivity contribution in [1.29, 1.82) is 0 Å². The summed E-state index contributed by atoms with van der Waals surface area (Å²) in [5.41, 5.74) is 6.18. The van der Waals surface area contributed by atoms with E-state index in [1.54, 1.807) is 19.2 Å². The molecule has 13 heavy (non-hydrogen) atoms. The van der Waals surface area contributed by atoms with Crippen LogP contribution in [0.3, 0.4) is 0 Å². The molecule has 2 N–H and O–H groups in total. The van der Waals surface area contributed by atoms with Crippen LogP contribution in [0.4, 0.5) is 5.69 Å². The number of anilines is 1. The molecule has 0 aliphatic carbocycles. The van der Waals surface area contributed by atoms with E-state index in [4.69, 9.17) is 15.2 Å². The van der Waals surface area contributed by atoms with E-state index in [0.717, 1.165) is 6.42 Å². The Morgan fingerprint density at radius 3 is 2.85 bits per heavy atom. The van der Waals surface area contributed by atoms with E-state index >= 15 is 0 Å². The van der Waals surface area contributed by atoms with Crippen LogP contribution < -0.4 is 15.2 Å². The SMILES string of the molecule is CCCOc1nc(OC)ccc1N. The molecular weight excluding hydrogens is 168 g/mol. The van der Waals surface area contributed by atoms with Crippen molar-refractivity contribution in [2.75, 3.05) is 19.5 Å². The van der Waals surface area contributed by atoms with Crippen molar-refractivity contribution >= 4 is 5.69 Å². The molecule has 0 atom stereocenters. The molecule has 0 saturated carbocycles. The molecule has 0 spiro atoms. The molecule has 0 aliphatic rings. The fourth-order valence-corrected chi connectivity index (χ4v) is 0.862. The van der Waals surface area contributed by atoms with Gasteiger partial charge in [-0.05, 0) is 12.5 Å². The Kier molecular flexibility index (Phi) is 3.37. The topological polar surface area (TPSA) is 57.4 Å². The maximum Gasteiger partial charge on any atom is 0.240 e. The molecule has 0 radical (unpaired) electrons. The molecule has 0 unspecified atom stereocenters. The number of nitrogen functional groups attached to an aromatic ring is 1. The van der Waals surface area contributed by atoms with Crippen LogP contribution in [0.1, 0.15) is 13.3 Å². The monoisotopic (exact) mass is 182 g/mol. The lowest BCUT2D eigenvalue weighted by Crippen LogP contribution is -2.02. The van der Waals surface area contributed by atoms with Crippen LogP contribution in [0.25, 0.3) is 0 Å². The van der Waals surface area contributed by atoms with Crippen LogP contribution in [0.15, 0.2) is 12.1 Å². The largest absolute Gasteiger partial charge is 0.481 e. The summed E-state index contributed by atoms with van der Waals surface area (Å²) in [5.74, 6) is 0.960. The van der Waals surface area contributed by atoms with Gasteiger partial charge < -0.3 is 15.2 Å². The maximum absolute atomic E-state index is 5.64. The third kappa shape index (κ3) is 2.50. The Morgan fingerprint density at radius 2 is 2.23 bits per heavy atom. The number of nitrogens with zero attached hydrogens (tertiary/aromatic N) is 1. The van der Waals surface area contributed by atoms with Gasteiger partial charge in [0.05, 0.1) is 19.4 Å². The minimum atomic E-state index is 0.446. The molecule has 0 bridgehead atoms. The van der Waals surface area contributed by atoms with Gasteiger partial charge in [0.15, 0.2) is 0 Å². The number of hydrogen-bond donors (Lipinski definition) is 1. The summed E-state index contributed by atoms with van der Waals surface area (Å²) in [7, 11) is 1.56. The predicted molar refractivity (Wildman–Crippen MR) is 51.0 cm³/mol. The number of hydrogen-bond acceptors (Lipinski definition) is 4. The molecular formula is C9H14N2O2. The van der Waals surface area contributed by atoms with E-state index in [-0.39, 0.29) is 0 Å². The number of pyridine rings is 1. The molecule has 1 rings (SSSR count). The molecule has 72 valence electrons. The van der Waals surface area contributed by atoms with Gasteiger partial charge >= 0.3 is 0 Å². The minimum Gasteiger partial charge on any atom is -0.481 e. The fraction of sp³-hybridized carbons (Fsp3) is 0.444. The van der Waals surface area contributed by atoms with Crippen molar-refractivity contribution in [1.82, 2.24) is 4.98 Å². The zero-order chi connectivity index (χ0) is 9.68. The lowest BCUT2D eigenvalue weighted by molar-refractivity contribution is 0.299. The van der Waals surface area contributed by atoms with E-state index in [2.05, 4.69) is 4.98 Å². The van der Waals surface area contributed by atoms with E-state index in [9.17, 15) is 0 Å². The average molecular weight is 182 g/mol. The summed E-state index contributed by atoms with van der Waals surface area (Å²) in [5, 5.41) is 0.